The number of aromatic nitrogens is 3. The summed E-state index contributed by atoms with van der Waals surface area (Å²) in [6.45, 7) is 0.450. The first-order valence-electron chi connectivity index (χ1n) is 7.32. The number of aliphatic imine (C=N–C) groups is 1. The number of rotatable bonds is 5. The molecule has 0 aliphatic rings. The molecular formula is C17H13Cl2FN4S. The van der Waals surface area contributed by atoms with E-state index in [1.54, 1.807) is 28.8 Å². The molecular weight excluding hydrogens is 382 g/mol. The van der Waals surface area contributed by atoms with Crippen molar-refractivity contribution in [3.8, 4) is 0 Å². The molecule has 0 unspecified atom stereocenters. The molecule has 8 heteroatoms. The van der Waals surface area contributed by atoms with E-state index in [4.69, 9.17) is 23.2 Å². The van der Waals surface area contributed by atoms with E-state index in [0.29, 0.717) is 23.0 Å². The van der Waals surface area contributed by atoms with Crippen LogP contribution in [0.4, 0.5) is 10.1 Å². The van der Waals surface area contributed by atoms with E-state index in [1.807, 2.05) is 24.3 Å². The lowest BCUT2D eigenvalue weighted by molar-refractivity contribution is 0.628. The molecule has 0 atom stereocenters. The highest BCUT2D eigenvalue weighted by Crippen LogP contribution is 2.28. The van der Waals surface area contributed by atoms with Gasteiger partial charge < -0.3 is 0 Å². The molecule has 0 spiro atoms. The summed E-state index contributed by atoms with van der Waals surface area (Å²) < 4.78 is 14.9. The van der Waals surface area contributed by atoms with E-state index in [1.165, 1.54) is 18.5 Å². The molecule has 3 aromatic rings. The predicted molar refractivity (Wildman–Crippen MR) is 101 cm³/mol. The van der Waals surface area contributed by atoms with Gasteiger partial charge in [-0.15, -0.1) is 11.8 Å². The van der Waals surface area contributed by atoms with Gasteiger partial charge in [0.2, 0.25) is 0 Å². The molecule has 0 radical (unpaired) electrons. The lowest BCUT2D eigenvalue weighted by Crippen LogP contribution is -2.08. The van der Waals surface area contributed by atoms with E-state index < -0.39 is 5.82 Å². The highest BCUT2D eigenvalue weighted by Gasteiger charge is 2.07. The molecule has 1 heterocycles. The first-order chi connectivity index (χ1) is 12.1. The van der Waals surface area contributed by atoms with E-state index >= 15 is 0 Å². The van der Waals surface area contributed by atoms with E-state index in [0.717, 1.165) is 10.6 Å². The molecule has 0 amide bonds. The van der Waals surface area contributed by atoms with Crippen LogP contribution in [0.2, 0.25) is 10.0 Å². The van der Waals surface area contributed by atoms with Gasteiger partial charge in [0.15, 0.2) is 0 Å². The maximum Gasteiger partial charge on any atom is 0.137 e. The van der Waals surface area contributed by atoms with Crippen molar-refractivity contribution in [3.63, 3.8) is 0 Å². The van der Waals surface area contributed by atoms with Crippen LogP contribution in [0.5, 0.6) is 0 Å². The fraction of sp³-hybridized carbons (Fsp3) is 0.118. The van der Waals surface area contributed by atoms with E-state index in [-0.39, 0.29) is 5.02 Å². The summed E-state index contributed by atoms with van der Waals surface area (Å²) in [6.07, 6.45) is 3.08. The summed E-state index contributed by atoms with van der Waals surface area (Å²) in [5.74, 6) is 0.319. The van der Waals surface area contributed by atoms with Crippen LogP contribution < -0.4 is 0 Å². The van der Waals surface area contributed by atoms with Gasteiger partial charge in [0, 0.05) is 10.8 Å². The van der Waals surface area contributed by atoms with Crippen LogP contribution in [-0.4, -0.2) is 19.8 Å². The van der Waals surface area contributed by atoms with Gasteiger partial charge in [-0.1, -0.05) is 35.3 Å². The van der Waals surface area contributed by atoms with Gasteiger partial charge in [0.25, 0.3) is 0 Å². The summed E-state index contributed by atoms with van der Waals surface area (Å²) in [5, 5.41) is 5.85. The Balaban J connectivity index is 1.81. The summed E-state index contributed by atoms with van der Waals surface area (Å²) in [4.78, 5) is 8.51. The zero-order chi connectivity index (χ0) is 17.6. The zero-order valence-electron chi connectivity index (χ0n) is 12.9. The normalized spacial score (nSPS) is 11.7. The molecule has 0 bridgehead atoms. The Bertz CT molecular complexity index is 867. The predicted octanol–water partition coefficient (Wildman–Crippen LogP) is 5.39. The number of nitrogens with zero attached hydrogens (tertiary/aromatic N) is 4. The minimum Gasteiger partial charge on any atom is -0.246 e. The first-order valence-corrected chi connectivity index (χ1v) is 9.06. The SMILES string of the molecule is Fc1ccc(N=C(Cn2cncn2)SCc2ccc(Cl)cc2)c(Cl)c1. The fourth-order valence-corrected chi connectivity index (χ4v) is 3.27. The van der Waals surface area contributed by atoms with Crippen LogP contribution >= 0.6 is 35.0 Å². The summed E-state index contributed by atoms with van der Waals surface area (Å²) in [5.41, 5.74) is 1.63. The van der Waals surface area contributed by atoms with Crippen molar-refractivity contribution in [2.45, 2.75) is 12.3 Å². The molecule has 0 aliphatic carbocycles. The van der Waals surface area contributed by atoms with Crippen LogP contribution in [0.3, 0.4) is 0 Å². The largest absolute Gasteiger partial charge is 0.246 e. The van der Waals surface area contributed by atoms with Crippen molar-refractivity contribution in [2.24, 2.45) is 4.99 Å². The molecule has 4 nitrogen and oxygen atoms in total. The van der Waals surface area contributed by atoms with Gasteiger partial charge in [-0.05, 0) is 35.9 Å². The summed E-state index contributed by atoms with van der Waals surface area (Å²) >= 11 is 13.5. The second-order valence-corrected chi connectivity index (χ2v) is 7.00. The van der Waals surface area contributed by atoms with E-state index in [2.05, 4.69) is 15.1 Å². The minimum absolute atomic E-state index is 0.267. The molecule has 0 aliphatic heterocycles. The van der Waals surface area contributed by atoms with Crippen LogP contribution in [0.15, 0.2) is 60.1 Å². The maximum atomic E-state index is 13.2. The second-order valence-electron chi connectivity index (χ2n) is 5.11. The molecule has 0 saturated carbocycles. The number of thioether (sulfide) groups is 1. The third kappa shape index (κ3) is 5.29. The molecule has 2 aromatic carbocycles. The molecule has 0 saturated heterocycles. The van der Waals surface area contributed by atoms with Crippen molar-refractivity contribution in [1.82, 2.24) is 14.8 Å². The molecule has 1 aromatic heterocycles. The molecule has 0 N–H and O–H groups in total. The minimum atomic E-state index is -0.393. The van der Waals surface area contributed by atoms with Crippen molar-refractivity contribution in [2.75, 3.05) is 0 Å². The third-order valence-electron chi connectivity index (χ3n) is 3.24. The topological polar surface area (TPSA) is 43.1 Å². The number of hydrogen-bond donors (Lipinski definition) is 0. The Labute approximate surface area is 158 Å². The van der Waals surface area contributed by atoms with Crippen molar-refractivity contribution in [1.29, 1.82) is 0 Å². The quantitative estimate of drug-likeness (QED) is 0.430. The van der Waals surface area contributed by atoms with Crippen molar-refractivity contribution < 1.29 is 4.39 Å². The van der Waals surface area contributed by atoms with Gasteiger partial charge in [-0.2, -0.15) is 5.10 Å². The Morgan fingerprint density at radius 2 is 1.96 bits per heavy atom. The molecule has 128 valence electrons. The van der Waals surface area contributed by atoms with Crippen LogP contribution in [0.1, 0.15) is 5.56 Å². The van der Waals surface area contributed by atoms with Crippen molar-refractivity contribution >= 4 is 45.7 Å². The third-order valence-corrected chi connectivity index (χ3v) is 4.82. The smallest absolute Gasteiger partial charge is 0.137 e. The van der Waals surface area contributed by atoms with Crippen LogP contribution in [0, 0.1) is 5.82 Å². The number of benzene rings is 2. The highest BCUT2D eigenvalue weighted by atomic mass is 35.5. The summed E-state index contributed by atoms with van der Waals surface area (Å²) in [7, 11) is 0. The van der Waals surface area contributed by atoms with Gasteiger partial charge in [0.05, 0.1) is 22.3 Å². The summed E-state index contributed by atoms with van der Waals surface area (Å²) in [6, 6.07) is 11.8. The van der Waals surface area contributed by atoms with Gasteiger partial charge in [0.1, 0.15) is 18.5 Å². The zero-order valence-corrected chi connectivity index (χ0v) is 15.3. The average Bonchev–Trinajstić information content (AvgIpc) is 3.09. The average molecular weight is 395 g/mol. The second kappa shape index (κ2) is 8.47. The Kier molecular flexibility index (Phi) is 6.07. The number of halogens is 3. The number of hydrogen-bond acceptors (Lipinski definition) is 4. The van der Waals surface area contributed by atoms with Gasteiger partial charge in [-0.3, -0.25) is 0 Å². The lowest BCUT2D eigenvalue weighted by atomic mass is 10.2. The highest BCUT2D eigenvalue weighted by molar-refractivity contribution is 8.13. The van der Waals surface area contributed by atoms with Crippen LogP contribution in [-0.2, 0) is 12.3 Å². The van der Waals surface area contributed by atoms with Gasteiger partial charge in [-0.25, -0.2) is 19.0 Å². The maximum absolute atomic E-state index is 13.2. The van der Waals surface area contributed by atoms with E-state index in [9.17, 15) is 4.39 Å². The first kappa shape index (κ1) is 17.9. The van der Waals surface area contributed by atoms with Crippen LogP contribution in [0.25, 0.3) is 0 Å². The Morgan fingerprint density at radius 1 is 1.16 bits per heavy atom. The lowest BCUT2D eigenvalue weighted by Gasteiger charge is -2.08. The monoisotopic (exact) mass is 394 g/mol. The molecule has 0 fully saturated rings. The van der Waals surface area contributed by atoms with Gasteiger partial charge >= 0.3 is 0 Å². The standard InChI is InChI=1S/C17H13Cl2FN4S/c18-13-3-1-12(2-4-13)9-25-17(8-24-11-21-10-22-24)23-16-6-5-14(20)7-15(16)19/h1-7,10-11H,8-9H2. The Morgan fingerprint density at radius 3 is 2.64 bits per heavy atom. The fourth-order valence-electron chi connectivity index (χ4n) is 2.02. The van der Waals surface area contributed by atoms with Crippen molar-refractivity contribution in [3.05, 3.63) is 76.5 Å². The molecule has 25 heavy (non-hydrogen) atoms. The molecule has 3 rings (SSSR count). The Hall–Kier alpha value is -1.89.